The fraction of sp³-hybridized carbons (Fsp3) is 0.524. The molecule has 1 fully saturated rings. The number of hydrogen-bond acceptors (Lipinski definition) is 4. The second kappa shape index (κ2) is 10.8. The van der Waals surface area contributed by atoms with Gasteiger partial charge in [0, 0.05) is 33.0 Å². The molecule has 0 saturated carbocycles. The Balaban J connectivity index is 1.53. The molecule has 0 aliphatic carbocycles. The Bertz CT molecular complexity index is 753. The fourth-order valence-electron chi connectivity index (χ4n) is 3.14. The molecule has 0 spiro atoms. The van der Waals surface area contributed by atoms with E-state index < -0.39 is 0 Å². The van der Waals surface area contributed by atoms with Crippen LogP contribution >= 0.6 is 0 Å². The van der Waals surface area contributed by atoms with Crippen LogP contribution in [0.2, 0.25) is 0 Å². The van der Waals surface area contributed by atoms with Crippen LogP contribution in [0.3, 0.4) is 0 Å². The topological polar surface area (TPSA) is 72.7 Å². The van der Waals surface area contributed by atoms with E-state index in [9.17, 15) is 0 Å². The van der Waals surface area contributed by atoms with Gasteiger partial charge in [-0.25, -0.2) is 4.99 Å². The average Bonchev–Trinajstić information content (AvgIpc) is 3.14. The van der Waals surface area contributed by atoms with Gasteiger partial charge in [0.25, 0.3) is 0 Å². The van der Waals surface area contributed by atoms with Crippen molar-refractivity contribution < 1.29 is 9.47 Å². The Kier molecular flexibility index (Phi) is 7.87. The Labute approximate surface area is 167 Å². The quantitative estimate of drug-likeness (QED) is 0.539. The molecule has 7 heteroatoms. The fourth-order valence-corrected chi connectivity index (χ4v) is 3.14. The maximum atomic E-state index is 6.03. The van der Waals surface area contributed by atoms with Crippen LogP contribution in [-0.4, -0.2) is 41.6 Å². The third-order valence-electron chi connectivity index (χ3n) is 4.77. The van der Waals surface area contributed by atoms with Crippen molar-refractivity contribution in [3.63, 3.8) is 0 Å². The zero-order valence-electron chi connectivity index (χ0n) is 16.9. The zero-order chi connectivity index (χ0) is 19.6. The van der Waals surface area contributed by atoms with E-state index in [1.54, 1.807) is 6.20 Å². The lowest BCUT2D eigenvalue weighted by molar-refractivity contribution is -0.0390. The van der Waals surface area contributed by atoms with Crippen molar-refractivity contribution in [3.8, 4) is 0 Å². The molecule has 2 N–H and O–H groups in total. The van der Waals surface area contributed by atoms with Crippen LogP contribution in [-0.2, 0) is 36.2 Å². The lowest BCUT2D eigenvalue weighted by Crippen LogP contribution is -2.37. The number of guanidine groups is 1. The maximum absolute atomic E-state index is 6.03. The van der Waals surface area contributed by atoms with Gasteiger partial charge in [-0.3, -0.25) is 4.68 Å². The largest absolute Gasteiger partial charge is 0.381 e. The summed E-state index contributed by atoms with van der Waals surface area (Å²) in [6, 6.07) is 10.5. The summed E-state index contributed by atoms with van der Waals surface area (Å²) < 4.78 is 13.3. The van der Waals surface area contributed by atoms with Crippen LogP contribution in [0.15, 0.2) is 41.5 Å². The number of hydrogen-bond donors (Lipinski definition) is 2. The molecule has 0 amide bonds. The third kappa shape index (κ3) is 6.35. The molecule has 1 saturated heterocycles. The first-order chi connectivity index (χ1) is 13.7. The highest BCUT2D eigenvalue weighted by Gasteiger charge is 2.14. The van der Waals surface area contributed by atoms with Gasteiger partial charge in [0.2, 0.25) is 0 Å². The second-order valence-corrected chi connectivity index (χ2v) is 6.94. The monoisotopic (exact) mass is 385 g/mol. The van der Waals surface area contributed by atoms with Gasteiger partial charge in [-0.2, -0.15) is 5.10 Å². The normalized spacial score (nSPS) is 15.6. The SMILES string of the molecule is CCNC(=NCc1cccc(COC2CCOCC2)c1)NCc1ccnn1C. The number of benzene rings is 1. The number of nitrogens with one attached hydrogen (secondary N) is 2. The molecule has 152 valence electrons. The molecular weight excluding hydrogens is 354 g/mol. The molecule has 2 aromatic rings. The van der Waals surface area contributed by atoms with Crippen molar-refractivity contribution in [2.24, 2.45) is 12.0 Å². The summed E-state index contributed by atoms with van der Waals surface area (Å²) in [6.45, 7) is 6.43. The Hall–Kier alpha value is -2.38. The lowest BCUT2D eigenvalue weighted by atomic mass is 10.1. The maximum Gasteiger partial charge on any atom is 0.191 e. The Morgan fingerprint density at radius 1 is 1.25 bits per heavy atom. The van der Waals surface area contributed by atoms with Crippen molar-refractivity contribution >= 4 is 5.96 Å². The van der Waals surface area contributed by atoms with Crippen LogP contribution in [0, 0.1) is 0 Å². The molecule has 3 rings (SSSR count). The van der Waals surface area contributed by atoms with Crippen molar-refractivity contribution in [3.05, 3.63) is 53.3 Å². The predicted octanol–water partition coefficient (Wildman–Crippen LogP) is 2.37. The standard InChI is InChI=1S/C21H31N5O2/c1-3-22-21(24-15-19-7-10-25-26(19)2)23-14-17-5-4-6-18(13-17)16-28-20-8-11-27-12-9-20/h4-7,10,13,20H,3,8-9,11-12,14-16H2,1-2H3,(H2,22,23,24). The summed E-state index contributed by atoms with van der Waals surface area (Å²) in [5.41, 5.74) is 3.47. The molecule has 28 heavy (non-hydrogen) atoms. The van der Waals surface area contributed by atoms with Gasteiger partial charge in [-0.15, -0.1) is 0 Å². The van der Waals surface area contributed by atoms with Crippen molar-refractivity contribution in [1.82, 2.24) is 20.4 Å². The number of rotatable bonds is 8. The second-order valence-electron chi connectivity index (χ2n) is 6.94. The number of ether oxygens (including phenoxy) is 2. The summed E-state index contributed by atoms with van der Waals surface area (Å²) in [5, 5.41) is 10.8. The molecule has 0 unspecified atom stereocenters. The molecular formula is C21H31N5O2. The summed E-state index contributed by atoms with van der Waals surface area (Å²) in [4.78, 5) is 4.71. The summed E-state index contributed by atoms with van der Waals surface area (Å²) in [6.07, 6.45) is 4.08. The van der Waals surface area contributed by atoms with E-state index in [1.165, 1.54) is 11.1 Å². The summed E-state index contributed by atoms with van der Waals surface area (Å²) >= 11 is 0. The van der Waals surface area contributed by atoms with Gasteiger partial charge in [0.1, 0.15) is 0 Å². The highest BCUT2D eigenvalue weighted by molar-refractivity contribution is 5.79. The summed E-state index contributed by atoms with van der Waals surface area (Å²) in [7, 11) is 1.94. The van der Waals surface area contributed by atoms with Gasteiger partial charge in [0.15, 0.2) is 5.96 Å². The van der Waals surface area contributed by atoms with E-state index in [0.29, 0.717) is 25.8 Å². The Morgan fingerprint density at radius 2 is 2.07 bits per heavy atom. The first-order valence-corrected chi connectivity index (χ1v) is 10.0. The molecule has 1 aromatic carbocycles. The minimum absolute atomic E-state index is 0.312. The first-order valence-electron chi connectivity index (χ1n) is 10.0. The van der Waals surface area contributed by atoms with Crippen LogP contribution in [0.25, 0.3) is 0 Å². The number of aryl methyl sites for hydroxylation is 1. The van der Waals surface area contributed by atoms with Gasteiger partial charge in [0.05, 0.1) is 31.5 Å². The highest BCUT2D eigenvalue weighted by Crippen LogP contribution is 2.14. The molecule has 0 radical (unpaired) electrons. The van der Waals surface area contributed by atoms with Crippen molar-refractivity contribution in [1.29, 1.82) is 0 Å². The summed E-state index contributed by atoms with van der Waals surface area (Å²) in [5.74, 6) is 0.799. The van der Waals surface area contributed by atoms with E-state index in [1.807, 2.05) is 17.8 Å². The lowest BCUT2D eigenvalue weighted by Gasteiger charge is -2.22. The third-order valence-corrected chi connectivity index (χ3v) is 4.77. The van der Waals surface area contributed by atoms with Gasteiger partial charge >= 0.3 is 0 Å². The molecule has 2 heterocycles. The number of nitrogens with zero attached hydrogens (tertiary/aromatic N) is 3. The molecule has 1 aliphatic rings. The highest BCUT2D eigenvalue weighted by atomic mass is 16.5. The Morgan fingerprint density at radius 3 is 2.82 bits per heavy atom. The number of aliphatic imine (C=N–C) groups is 1. The van der Waals surface area contributed by atoms with Gasteiger partial charge in [-0.05, 0) is 37.0 Å². The van der Waals surface area contributed by atoms with E-state index in [0.717, 1.165) is 44.3 Å². The first kappa shape index (κ1) is 20.4. The smallest absolute Gasteiger partial charge is 0.191 e. The molecule has 7 nitrogen and oxygen atoms in total. The molecule has 0 atom stereocenters. The minimum atomic E-state index is 0.312. The van der Waals surface area contributed by atoms with Gasteiger partial charge < -0.3 is 20.1 Å². The van der Waals surface area contributed by atoms with Crippen LogP contribution in [0.4, 0.5) is 0 Å². The van der Waals surface area contributed by atoms with Crippen molar-refractivity contribution in [2.75, 3.05) is 19.8 Å². The van der Waals surface area contributed by atoms with Crippen LogP contribution < -0.4 is 10.6 Å². The van der Waals surface area contributed by atoms with Crippen LogP contribution in [0.5, 0.6) is 0 Å². The van der Waals surface area contributed by atoms with E-state index in [4.69, 9.17) is 14.5 Å². The van der Waals surface area contributed by atoms with Gasteiger partial charge in [-0.1, -0.05) is 24.3 Å². The minimum Gasteiger partial charge on any atom is -0.381 e. The predicted molar refractivity (Wildman–Crippen MR) is 110 cm³/mol. The van der Waals surface area contributed by atoms with Crippen LogP contribution in [0.1, 0.15) is 36.6 Å². The molecule has 1 aromatic heterocycles. The van der Waals surface area contributed by atoms with E-state index in [-0.39, 0.29) is 0 Å². The van der Waals surface area contributed by atoms with E-state index >= 15 is 0 Å². The number of aromatic nitrogens is 2. The van der Waals surface area contributed by atoms with Crippen molar-refractivity contribution in [2.45, 2.75) is 45.6 Å². The zero-order valence-corrected chi connectivity index (χ0v) is 16.9. The molecule has 0 bridgehead atoms. The van der Waals surface area contributed by atoms with E-state index in [2.05, 4.69) is 46.9 Å². The molecule has 1 aliphatic heterocycles. The average molecular weight is 386 g/mol.